The van der Waals surface area contributed by atoms with Crippen molar-refractivity contribution in [3.05, 3.63) is 23.6 Å². The Hall–Kier alpha value is -0.610. The van der Waals surface area contributed by atoms with Crippen molar-refractivity contribution in [2.24, 2.45) is 0 Å². The Morgan fingerprint density at radius 2 is 2.21 bits per heavy atom. The van der Waals surface area contributed by atoms with Gasteiger partial charge in [0.25, 0.3) is 0 Å². The van der Waals surface area contributed by atoms with Crippen LogP contribution in [0.4, 0.5) is 5.82 Å². The highest BCUT2D eigenvalue weighted by molar-refractivity contribution is 9.09. The van der Waals surface area contributed by atoms with Crippen molar-refractivity contribution >= 4 is 38.9 Å². The van der Waals surface area contributed by atoms with Crippen molar-refractivity contribution in [1.29, 1.82) is 0 Å². The molecule has 3 nitrogen and oxygen atoms in total. The summed E-state index contributed by atoms with van der Waals surface area (Å²) in [6.07, 6.45) is 1.45. The molecular formula is C9H11BrClN3. The highest BCUT2D eigenvalue weighted by Gasteiger charge is 2.13. The van der Waals surface area contributed by atoms with E-state index in [-0.39, 0.29) is 0 Å². The summed E-state index contributed by atoms with van der Waals surface area (Å²) in [5, 5.41) is 1.09. The van der Waals surface area contributed by atoms with Gasteiger partial charge in [-0.25, -0.2) is 9.97 Å². The van der Waals surface area contributed by atoms with Gasteiger partial charge in [0.05, 0.1) is 5.56 Å². The molecule has 0 N–H and O–H groups in total. The molecule has 5 heteroatoms. The summed E-state index contributed by atoms with van der Waals surface area (Å²) in [5.41, 5.74) is 1.68. The third kappa shape index (κ3) is 2.25. The van der Waals surface area contributed by atoms with Crippen molar-refractivity contribution in [2.75, 3.05) is 24.3 Å². The number of rotatable bonds is 3. The molecule has 1 heterocycles. The number of alkyl halides is 1. The Labute approximate surface area is 96.9 Å². The van der Waals surface area contributed by atoms with Gasteiger partial charge >= 0.3 is 0 Å². The molecule has 0 fully saturated rings. The first kappa shape index (κ1) is 11.5. The van der Waals surface area contributed by atoms with E-state index in [9.17, 15) is 0 Å². The fraction of sp³-hybridized carbons (Fsp3) is 0.333. The maximum absolute atomic E-state index is 5.99. The SMILES string of the molecule is C=C(CBr)c1c(Cl)ncnc1N(C)C. The number of halogens is 2. The second-order valence-corrected chi connectivity index (χ2v) is 3.91. The first-order chi connectivity index (χ1) is 6.57. The predicted octanol–water partition coefficient (Wildman–Crippen LogP) is 2.60. The van der Waals surface area contributed by atoms with Crippen molar-refractivity contribution in [1.82, 2.24) is 9.97 Å². The summed E-state index contributed by atoms with van der Waals surface area (Å²) in [4.78, 5) is 9.98. The lowest BCUT2D eigenvalue weighted by Crippen LogP contribution is -2.14. The lowest BCUT2D eigenvalue weighted by molar-refractivity contribution is 1.03. The number of hydrogen-bond acceptors (Lipinski definition) is 3. The number of anilines is 1. The van der Waals surface area contributed by atoms with Crippen molar-refractivity contribution < 1.29 is 0 Å². The van der Waals surface area contributed by atoms with Gasteiger partial charge in [0, 0.05) is 19.4 Å². The monoisotopic (exact) mass is 275 g/mol. The summed E-state index contributed by atoms with van der Waals surface area (Å²) < 4.78 is 0. The summed E-state index contributed by atoms with van der Waals surface area (Å²) in [6, 6.07) is 0. The molecule has 1 rings (SSSR count). The van der Waals surface area contributed by atoms with Gasteiger partial charge in [-0.2, -0.15) is 0 Å². The maximum atomic E-state index is 5.99. The maximum Gasteiger partial charge on any atom is 0.142 e. The first-order valence-electron chi connectivity index (χ1n) is 3.99. The molecular weight excluding hydrogens is 265 g/mol. The molecule has 0 bridgehead atoms. The van der Waals surface area contributed by atoms with Crippen molar-refractivity contribution in [3.8, 4) is 0 Å². The largest absolute Gasteiger partial charge is 0.362 e. The summed E-state index contributed by atoms with van der Waals surface area (Å²) >= 11 is 9.32. The minimum Gasteiger partial charge on any atom is -0.362 e. The van der Waals surface area contributed by atoms with E-state index >= 15 is 0 Å². The highest BCUT2D eigenvalue weighted by Crippen LogP contribution is 2.29. The normalized spacial score (nSPS) is 10.0. The number of nitrogens with zero attached hydrogens (tertiary/aromatic N) is 3. The number of allylic oxidation sites excluding steroid dienone is 1. The van der Waals surface area contributed by atoms with Crippen LogP contribution in [-0.4, -0.2) is 29.4 Å². The van der Waals surface area contributed by atoms with E-state index in [1.807, 2.05) is 19.0 Å². The lowest BCUT2D eigenvalue weighted by Gasteiger charge is -2.16. The fourth-order valence-corrected chi connectivity index (χ4v) is 1.61. The van der Waals surface area contributed by atoms with Crippen LogP contribution in [0.5, 0.6) is 0 Å². The zero-order valence-corrected chi connectivity index (χ0v) is 10.4. The molecule has 0 saturated heterocycles. The van der Waals surface area contributed by atoms with E-state index < -0.39 is 0 Å². The lowest BCUT2D eigenvalue weighted by atomic mass is 10.1. The van der Waals surface area contributed by atoms with Crippen LogP contribution in [0.25, 0.3) is 5.57 Å². The van der Waals surface area contributed by atoms with Crippen LogP contribution < -0.4 is 4.90 Å². The minimum absolute atomic E-state index is 0.438. The second-order valence-electron chi connectivity index (χ2n) is 2.99. The Bertz CT molecular complexity index is 352. The Kier molecular flexibility index (Phi) is 3.89. The van der Waals surface area contributed by atoms with Gasteiger partial charge in [-0.15, -0.1) is 0 Å². The molecule has 14 heavy (non-hydrogen) atoms. The van der Waals surface area contributed by atoms with E-state index in [1.165, 1.54) is 6.33 Å². The summed E-state index contributed by atoms with van der Waals surface area (Å²) in [7, 11) is 3.81. The standard InChI is InChI=1S/C9H11BrClN3/c1-6(4-10)7-8(11)12-5-13-9(7)14(2)3/h5H,1,4H2,2-3H3. The molecule has 0 amide bonds. The predicted molar refractivity (Wildman–Crippen MR) is 64.2 cm³/mol. The molecule has 1 aromatic heterocycles. The second kappa shape index (κ2) is 4.75. The molecule has 0 aliphatic carbocycles. The number of aromatic nitrogens is 2. The van der Waals surface area contributed by atoms with Gasteiger partial charge in [0.15, 0.2) is 0 Å². The van der Waals surface area contributed by atoms with E-state index in [0.717, 1.165) is 17.0 Å². The molecule has 1 aromatic rings. The van der Waals surface area contributed by atoms with Crippen LogP contribution >= 0.6 is 27.5 Å². The Morgan fingerprint density at radius 3 is 2.71 bits per heavy atom. The zero-order chi connectivity index (χ0) is 10.7. The van der Waals surface area contributed by atoms with Crippen molar-refractivity contribution in [3.63, 3.8) is 0 Å². The molecule has 0 radical (unpaired) electrons. The molecule has 0 aliphatic rings. The number of hydrogen-bond donors (Lipinski definition) is 0. The van der Waals surface area contributed by atoms with Gasteiger partial charge in [0.1, 0.15) is 17.3 Å². The highest BCUT2D eigenvalue weighted by atomic mass is 79.9. The van der Waals surface area contributed by atoms with Crippen LogP contribution in [-0.2, 0) is 0 Å². The molecule has 0 aromatic carbocycles. The van der Waals surface area contributed by atoms with Gasteiger partial charge in [-0.1, -0.05) is 34.1 Å². The van der Waals surface area contributed by atoms with Gasteiger partial charge in [0.2, 0.25) is 0 Å². The first-order valence-corrected chi connectivity index (χ1v) is 5.49. The average molecular weight is 277 g/mol. The molecule has 0 spiro atoms. The summed E-state index contributed by atoms with van der Waals surface area (Å²) in [5.74, 6) is 0.787. The molecule has 0 atom stereocenters. The quantitative estimate of drug-likeness (QED) is 0.628. The van der Waals surface area contributed by atoms with E-state index in [1.54, 1.807) is 0 Å². The molecule has 76 valence electrons. The van der Waals surface area contributed by atoms with Crippen LogP contribution in [0, 0.1) is 0 Å². The topological polar surface area (TPSA) is 29.0 Å². The van der Waals surface area contributed by atoms with Gasteiger partial charge in [-0.3, -0.25) is 0 Å². The third-order valence-corrected chi connectivity index (χ3v) is 2.68. The summed E-state index contributed by atoms with van der Waals surface area (Å²) in [6.45, 7) is 3.91. The average Bonchev–Trinajstić information content (AvgIpc) is 2.16. The van der Waals surface area contributed by atoms with Crippen molar-refractivity contribution in [2.45, 2.75) is 0 Å². The molecule has 0 unspecified atom stereocenters. The zero-order valence-electron chi connectivity index (χ0n) is 8.09. The van der Waals surface area contributed by atoms with Crippen LogP contribution in [0.1, 0.15) is 5.56 Å². The molecule has 0 saturated carbocycles. The smallest absolute Gasteiger partial charge is 0.142 e. The van der Waals surface area contributed by atoms with Crippen LogP contribution in [0.2, 0.25) is 5.15 Å². The van der Waals surface area contributed by atoms with Crippen LogP contribution in [0.3, 0.4) is 0 Å². The van der Waals surface area contributed by atoms with E-state index in [0.29, 0.717) is 10.5 Å². The van der Waals surface area contributed by atoms with E-state index in [4.69, 9.17) is 11.6 Å². The van der Waals surface area contributed by atoms with Crippen LogP contribution in [0.15, 0.2) is 12.9 Å². The Morgan fingerprint density at radius 1 is 1.57 bits per heavy atom. The van der Waals surface area contributed by atoms with E-state index in [2.05, 4.69) is 32.5 Å². The Balaban J connectivity index is 3.29. The third-order valence-electron chi connectivity index (χ3n) is 1.72. The van der Waals surface area contributed by atoms with Gasteiger partial charge < -0.3 is 4.90 Å². The minimum atomic E-state index is 0.438. The van der Waals surface area contributed by atoms with Gasteiger partial charge in [-0.05, 0) is 5.57 Å². The molecule has 0 aliphatic heterocycles. The fourth-order valence-electron chi connectivity index (χ4n) is 1.07.